The Bertz CT molecular complexity index is 1010. The van der Waals surface area contributed by atoms with Crippen LogP contribution in [-0.2, 0) is 14.8 Å². The maximum Gasteiger partial charge on any atom is 0.232 e. The largest absolute Gasteiger partial charge is 0.497 e. The molecule has 168 valence electrons. The van der Waals surface area contributed by atoms with Gasteiger partial charge in [-0.05, 0) is 55.3 Å². The van der Waals surface area contributed by atoms with Gasteiger partial charge in [-0.1, -0.05) is 6.07 Å². The van der Waals surface area contributed by atoms with Gasteiger partial charge in [0.25, 0.3) is 0 Å². The Morgan fingerprint density at radius 1 is 1.13 bits per heavy atom. The molecule has 1 N–H and O–H groups in total. The Morgan fingerprint density at radius 3 is 2.45 bits per heavy atom. The number of methoxy groups -OCH3 is 1. The summed E-state index contributed by atoms with van der Waals surface area (Å²) in [5.74, 6) is 1.87. The monoisotopic (exact) mass is 448 g/mol. The fraction of sp³-hybridized carbons (Fsp3) is 0.409. The van der Waals surface area contributed by atoms with E-state index >= 15 is 0 Å². The first-order valence-electron chi connectivity index (χ1n) is 10.1. The molecule has 0 unspecified atom stereocenters. The summed E-state index contributed by atoms with van der Waals surface area (Å²) in [5, 5.41) is 2.95. The third kappa shape index (κ3) is 6.04. The fourth-order valence-corrected chi connectivity index (χ4v) is 4.31. The van der Waals surface area contributed by atoms with Gasteiger partial charge in [-0.2, -0.15) is 0 Å². The lowest BCUT2D eigenvalue weighted by atomic mass is 10.1. The predicted octanol–water partition coefficient (Wildman–Crippen LogP) is 2.89. The summed E-state index contributed by atoms with van der Waals surface area (Å²) >= 11 is 0. The number of anilines is 1. The van der Waals surface area contributed by atoms with E-state index in [1.807, 2.05) is 25.1 Å². The van der Waals surface area contributed by atoms with Crippen LogP contribution in [0, 0.1) is 0 Å². The zero-order valence-electron chi connectivity index (χ0n) is 18.0. The van der Waals surface area contributed by atoms with Gasteiger partial charge in [0, 0.05) is 13.0 Å². The molecule has 3 rings (SSSR count). The van der Waals surface area contributed by atoms with Gasteiger partial charge >= 0.3 is 0 Å². The molecule has 0 fully saturated rings. The Balaban J connectivity index is 1.55. The summed E-state index contributed by atoms with van der Waals surface area (Å²) < 4.78 is 41.9. The van der Waals surface area contributed by atoms with E-state index in [0.29, 0.717) is 42.6 Å². The lowest BCUT2D eigenvalue weighted by molar-refractivity contribution is -0.121. The molecule has 31 heavy (non-hydrogen) atoms. The number of carbonyl (C=O) groups excluding carboxylic acids is 1. The van der Waals surface area contributed by atoms with Gasteiger partial charge in [0.15, 0.2) is 11.5 Å². The summed E-state index contributed by atoms with van der Waals surface area (Å²) in [5.41, 5.74) is 1.45. The van der Waals surface area contributed by atoms with Crippen molar-refractivity contribution in [3.8, 4) is 17.2 Å². The molecule has 1 aliphatic rings. The molecule has 0 saturated carbocycles. The van der Waals surface area contributed by atoms with Crippen LogP contribution >= 0.6 is 0 Å². The molecule has 1 aliphatic heterocycles. The lowest BCUT2D eigenvalue weighted by Gasteiger charge is -2.23. The Morgan fingerprint density at radius 2 is 1.81 bits per heavy atom. The van der Waals surface area contributed by atoms with Gasteiger partial charge in [-0.3, -0.25) is 9.10 Å². The van der Waals surface area contributed by atoms with Crippen LogP contribution < -0.4 is 23.8 Å². The summed E-state index contributed by atoms with van der Waals surface area (Å²) in [6.45, 7) is 3.13. The molecule has 1 amide bonds. The molecule has 1 heterocycles. The first-order chi connectivity index (χ1) is 14.8. The van der Waals surface area contributed by atoms with E-state index in [4.69, 9.17) is 14.2 Å². The highest BCUT2D eigenvalue weighted by Gasteiger charge is 2.19. The van der Waals surface area contributed by atoms with Crippen LogP contribution in [0.4, 0.5) is 5.69 Å². The Hall–Kier alpha value is -2.94. The van der Waals surface area contributed by atoms with Crippen molar-refractivity contribution >= 4 is 21.6 Å². The third-order valence-electron chi connectivity index (χ3n) is 4.97. The topological polar surface area (TPSA) is 94.2 Å². The van der Waals surface area contributed by atoms with Crippen molar-refractivity contribution < 1.29 is 27.4 Å². The van der Waals surface area contributed by atoms with Crippen LogP contribution in [0.15, 0.2) is 42.5 Å². The summed E-state index contributed by atoms with van der Waals surface area (Å²) in [7, 11) is -1.93. The summed E-state index contributed by atoms with van der Waals surface area (Å²) in [4.78, 5) is 12.4. The van der Waals surface area contributed by atoms with Crippen molar-refractivity contribution in [2.24, 2.45) is 0 Å². The van der Waals surface area contributed by atoms with Gasteiger partial charge in [0.1, 0.15) is 19.0 Å². The van der Waals surface area contributed by atoms with Gasteiger partial charge < -0.3 is 19.5 Å². The number of nitrogens with one attached hydrogen (secondary N) is 1. The van der Waals surface area contributed by atoms with E-state index < -0.39 is 10.0 Å². The highest BCUT2D eigenvalue weighted by Crippen LogP contribution is 2.32. The smallest absolute Gasteiger partial charge is 0.232 e. The molecule has 0 aromatic heterocycles. The molecule has 0 radical (unpaired) electrons. The van der Waals surface area contributed by atoms with E-state index in [-0.39, 0.29) is 24.9 Å². The van der Waals surface area contributed by atoms with Crippen LogP contribution in [0.3, 0.4) is 0 Å². The molecule has 0 saturated heterocycles. The zero-order valence-corrected chi connectivity index (χ0v) is 18.8. The number of hydrogen-bond acceptors (Lipinski definition) is 6. The quantitative estimate of drug-likeness (QED) is 0.634. The minimum Gasteiger partial charge on any atom is -0.497 e. The predicted molar refractivity (Wildman–Crippen MR) is 118 cm³/mol. The standard InChI is InChI=1S/C22H28N2O6S/c1-16(17-6-11-20-21(15-17)30-14-13-29-20)23-22(25)5-4-12-24(31(3,26)27)18-7-9-19(28-2)10-8-18/h6-11,15-16H,4-5,12-14H2,1-3H3,(H,23,25)/t16-/m1/s1. The second-order valence-corrected chi connectivity index (χ2v) is 9.24. The van der Waals surface area contributed by atoms with E-state index in [1.165, 1.54) is 4.31 Å². The summed E-state index contributed by atoms with van der Waals surface area (Å²) in [6.07, 6.45) is 1.75. The average Bonchev–Trinajstić information content (AvgIpc) is 2.75. The number of rotatable bonds is 9. The van der Waals surface area contributed by atoms with Crippen molar-refractivity contribution in [1.82, 2.24) is 5.32 Å². The lowest BCUT2D eigenvalue weighted by Crippen LogP contribution is -2.32. The highest BCUT2D eigenvalue weighted by atomic mass is 32.2. The molecule has 0 bridgehead atoms. The summed E-state index contributed by atoms with van der Waals surface area (Å²) in [6, 6.07) is 12.2. The number of hydrogen-bond donors (Lipinski definition) is 1. The third-order valence-corrected chi connectivity index (χ3v) is 6.16. The van der Waals surface area contributed by atoms with Gasteiger partial charge in [-0.25, -0.2) is 8.42 Å². The van der Waals surface area contributed by atoms with E-state index in [1.54, 1.807) is 31.4 Å². The second kappa shape index (κ2) is 9.91. The van der Waals surface area contributed by atoms with Crippen LogP contribution in [0.2, 0.25) is 0 Å². The van der Waals surface area contributed by atoms with Crippen LogP contribution in [0.25, 0.3) is 0 Å². The first kappa shape index (κ1) is 22.7. The molecular formula is C22H28N2O6S. The van der Waals surface area contributed by atoms with E-state index in [9.17, 15) is 13.2 Å². The van der Waals surface area contributed by atoms with Crippen molar-refractivity contribution in [2.75, 3.05) is 37.4 Å². The molecule has 9 heteroatoms. The van der Waals surface area contributed by atoms with Crippen molar-refractivity contribution in [1.29, 1.82) is 0 Å². The SMILES string of the molecule is COc1ccc(N(CCCC(=O)N[C@H](C)c2ccc3c(c2)OCCO3)S(C)(=O)=O)cc1. The van der Waals surface area contributed by atoms with Crippen LogP contribution in [-0.4, -0.2) is 47.4 Å². The van der Waals surface area contributed by atoms with Crippen molar-refractivity contribution in [3.63, 3.8) is 0 Å². The minimum absolute atomic E-state index is 0.148. The second-order valence-electron chi connectivity index (χ2n) is 7.33. The van der Waals surface area contributed by atoms with Gasteiger partial charge in [0.2, 0.25) is 15.9 Å². The van der Waals surface area contributed by atoms with E-state index in [0.717, 1.165) is 11.8 Å². The van der Waals surface area contributed by atoms with E-state index in [2.05, 4.69) is 5.32 Å². The van der Waals surface area contributed by atoms with Gasteiger partial charge in [-0.15, -0.1) is 0 Å². The molecule has 0 aliphatic carbocycles. The minimum atomic E-state index is -3.48. The molecular weight excluding hydrogens is 420 g/mol. The van der Waals surface area contributed by atoms with Crippen LogP contribution in [0.1, 0.15) is 31.4 Å². The number of ether oxygens (including phenoxy) is 3. The fourth-order valence-electron chi connectivity index (χ4n) is 3.34. The highest BCUT2D eigenvalue weighted by molar-refractivity contribution is 7.92. The Labute approximate surface area is 183 Å². The number of carbonyl (C=O) groups is 1. The molecule has 0 spiro atoms. The van der Waals surface area contributed by atoms with Crippen LogP contribution in [0.5, 0.6) is 17.2 Å². The number of benzene rings is 2. The molecule has 2 aromatic rings. The molecule has 2 aromatic carbocycles. The Kier molecular flexibility index (Phi) is 7.27. The van der Waals surface area contributed by atoms with Gasteiger partial charge in [0.05, 0.1) is 25.1 Å². The molecule has 1 atom stereocenters. The van der Waals surface area contributed by atoms with Crippen molar-refractivity contribution in [3.05, 3.63) is 48.0 Å². The molecule has 8 nitrogen and oxygen atoms in total. The normalized spacial score (nSPS) is 13.9. The number of fused-ring (bicyclic) bond motifs is 1. The number of amides is 1. The first-order valence-corrected chi connectivity index (χ1v) is 11.9. The average molecular weight is 449 g/mol. The van der Waals surface area contributed by atoms with Crippen molar-refractivity contribution in [2.45, 2.75) is 25.8 Å². The number of sulfonamides is 1. The maximum atomic E-state index is 12.4. The zero-order chi connectivity index (χ0) is 22.4. The number of nitrogens with zero attached hydrogens (tertiary/aromatic N) is 1. The maximum absolute atomic E-state index is 12.4.